The minimum atomic E-state index is -0.419. The zero-order chi connectivity index (χ0) is 21.4. The molecule has 0 fully saturated rings. The summed E-state index contributed by atoms with van der Waals surface area (Å²) in [4.78, 5) is 20.6. The number of benzene rings is 2. The Morgan fingerprint density at radius 1 is 1.23 bits per heavy atom. The van der Waals surface area contributed by atoms with Crippen LogP contribution in [-0.4, -0.2) is 21.7 Å². The van der Waals surface area contributed by atoms with Crippen LogP contribution < -0.4 is 4.74 Å². The van der Waals surface area contributed by atoms with Crippen molar-refractivity contribution < 1.29 is 18.8 Å². The molecular weight excluding hydrogens is 441 g/mol. The minimum Gasteiger partial charge on any atom is -0.467 e. The molecule has 0 aliphatic carbocycles. The summed E-state index contributed by atoms with van der Waals surface area (Å²) >= 11 is 2.94. The van der Waals surface area contributed by atoms with Crippen LogP contribution in [0.15, 0.2) is 53.1 Å². The molecule has 0 amide bonds. The summed E-state index contributed by atoms with van der Waals surface area (Å²) in [7, 11) is 0. The quantitative estimate of drug-likeness (QED) is 0.168. The maximum Gasteiger partial charge on any atom is 0.270 e. The summed E-state index contributed by atoms with van der Waals surface area (Å²) in [6.45, 7) is 0.380. The van der Waals surface area contributed by atoms with E-state index in [1.807, 2.05) is 5.38 Å². The van der Waals surface area contributed by atoms with Gasteiger partial charge in [0.1, 0.15) is 27.8 Å². The molecule has 7 nitrogen and oxygen atoms in total. The number of halogens is 1. The monoisotopic (exact) mass is 455 g/mol. The van der Waals surface area contributed by atoms with Crippen molar-refractivity contribution in [1.29, 1.82) is 0 Å². The lowest BCUT2D eigenvalue weighted by molar-refractivity contribution is -0.385. The fraction of sp³-hybridized carbons (Fsp3) is 0.143. The lowest BCUT2D eigenvalue weighted by Crippen LogP contribution is -2.13. The van der Waals surface area contributed by atoms with Gasteiger partial charge in [0.2, 0.25) is 0 Å². The Labute approximate surface area is 184 Å². The summed E-state index contributed by atoms with van der Waals surface area (Å²) in [5, 5.41) is 15.0. The van der Waals surface area contributed by atoms with Crippen LogP contribution in [0, 0.1) is 15.9 Å². The zero-order valence-corrected chi connectivity index (χ0v) is 17.5. The Morgan fingerprint density at radius 2 is 2.06 bits per heavy atom. The van der Waals surface area contributed by atoms with Gasteiger partial charge in [0.05, 0.1) is 16.9 Å². The topological polar surface area (TPSA) is 87.4 Å². The van der Waals surface area contributed by atoms with E-state index in [0.717, 1.165) is 26.4 Å². The fourth-order valence-corrected chi connectivity index (χ4v) is 5.40. The molecule has 1 aliphatic heterocycles. The number of nitro benzene ring substituents is 1. The molecule has 10 heteroatoms. The van der Waals surface area contributed by atoms with E-state index in [4.69, 9.17) is 9.47 Å². The summed E-state index contributed by atoms with van der Waals surface area (Å²) in [6, 6.07) is 9.31. The summed E-state index contributed by atoms with van der Waals surface area (Å²) in [5.74, 6) is 0.752. The number of hydrogen-bond acceptors (Lipinski definition) is 8. The first-order chi connectivity index (χ1) is 15.1. The number of aromatic nitrogens is 2. The predicted octanol–water partition coefficient (Wildman–Crippen LogP) is 5.56. The van der Waals surface area contributed by atoms with E-state index in [0.29, 0.717) is 22.6 Å². The van der Waals surface area contributed by atoms with Crippen LogP contribution in [0.1, 0.15) is 11.1 Å². The van der Waals surface area contributed by atoms with E-state index < -0.39 is 4.92 Å². The van der Waals surface area contributed by atoms with E-state index in [1.165, 1.54) is 53.7 Å². The van der Waals surface area contributed by atoms with Crippen molar-refractivity contribution in [3.05, 3.63) is 75.2 Å². The van der Waals surface area contributed by atoms with Gasteiger partial charge in [-0.1, -0.05) is 12.1 Å². The Bertz CT molecular complexity index is 1290. The highest BCUT2D eigenvalue weighted by Crippen LogP contribution is 2.41. The highest BCUT2D eigenvalue weighted by atomic mass is 32.2. The van der Waals surface area contributed by atoms with Gasteiger partial charge in [0, 0.05) is 40.0 Å². The molecule has 5 rings (SSSR count). The van der Waals surface area contributed by atoms with Gasteiger partial charge >= 0.3 is 0 Å². The maximum atomic E-state index is 13.4. The third-order valence-electron chi connectivity index (χ3n) is 4.84. The fourth-order valence-electron chi connectivity index (χ4n) is 3.44. The molecular formula is C21H14FN3O4S2. The highest BCUT2D eigenvalue weighted by molar-refractivity contribution is 7.98. The molecule has 3 heterocycles. The second-order valence-electron chi connectivity index (χ2n) is 6.76. The van der Waals surface area contributed by atoms with E-state index >= 15 is 0 Å². The minimum absolute atomic E-state index is 0.00109. The van der Waals surface area contributed by atoms with Crippen molar-refractivity contribution >= 4 is 39.0 Å². The average molecular weight is 455 g/mol. The Morgan fingerprint density at radius 3 is 2.87 bits per heavy atom. The molecule has 0 unspecified atom stereocenters. The van der Waals surface area contributed by atoms with Gasteiger partial charge in [-0.3, -0.25) is 10.1 Å². The molecule has 156 valence electrons. The molecule has 2 aromatic heterocycles. The standard InChI is InChI=1S/C21H14FN3O4S2/c22-15-3-1-12(2-4-15)17-9-31-21-18(17)20(23-10-24-21)30-8-14-6-16(25(26)27)5-13-7-28-11-29-19(13)14/h1-6,9-10H,7-8,11H2. The van der Waals surface area contributed by atoms with E-state index in [1.54, 1.807) is 12.1 Å². The van der Waals surface area contributed by atoms with Gasteiger partial charge in [0.25, 0.3) is 5.69 Å². The van der Waals surface area contributed by atoms with Crippen molar-refractivity contribution in [3.8, 4) is 16.9 Å². The third-order valence-corrected chi connectivity index (χ3v) is 6.76. The predicted molar refractivity (Wildman–Crippen MR) is 116 cm³/mol. The van der Waals surface area contributed by atoms with Gasteiger partial charge in [-0.2, -0.15) is 0 Å². The molecule has 0 saturated heterocycles. The first-order valence-electron chi connectivity index (χ1n) is 9.22. The SMILES string of the molecule is O=[N+]([O-])c1cc2c(c(CSc3ncnc4scc(-c5ccc(F)cc5)c34)c1)OCOC2. The third kappa shape index (κ3) is 3.85. The number of non-ortho nitro benzene ring substituents is 1. The number of thiophene rings is 1. The molecule has 31 heavy (non-hydrogen) atoms. The van der Waals surface area contributed by atoms with Crippen molar-refractivity contribution in [3.63, 3.8) is 0 Å². The maximum absolute atomic E-state index is 13.4. The van der Waals surface area contributed by atoms with Crippen molar-refractivity contribution in [1.82, 2.24) is 9.97 Å². The van der Waals surface area contributed by atoms with Crippen molar-refractivity contribution in [2.45, 2.75) is 17.4 Å². The number of nitro groups is 1. The van der Waals surface area contributed by atoms with Crippen LogP contribution in [-0.2, 0) is 17.1 Å². The largest absolute Gasteiger partial charge is 0.467 e. The number of hydrogen-bond donors (Lipinski definition) is 0. The van der Waals surface area contributed by atoms with Crippen LogP contribution in [0.2, 0.25) is 0 Å². The van der Waals surface area contributed by atoms with Gasteiger partial charge in [-0.25, -0.2) is 14.4 Å². The van der Waals surface area contributed by atoms with Gasteiger partial charge in [-0.05, 0) is 17.7 Å². The van der Waals surface area contributed by atoms with E-state index in [2.05, 4.69) is 9.97 Å². The van der Waals surface area contributed by atoms with Crippen LogP contribution in [0.25, 0.3) is 21.3 Å². The van der Waals surface area contributed by atoms with Gasteiger partial charge < -0.3 is 9.47 Å². The molecule has 1 aliphatic rings. The molecule has 2 aromatic carbocycles. The molecule has 0 radical (unpaired) electrons. The van der Waals surface area contributed by atoms with Crippen molar-refractivity contribution in [2.75, 3.05) is 6.79 Å². The Kier molecular flexibility index (Phi) is 5.26. The van der Waals surface area contributed by atoms with Gasteiger partial charge in [-0.15, -0.1) is 23.1 Å². The number of ether oxygens (including phenoxy) is 2. The molecule has 0 atom stereocenters. The first-order valence-corrected chi connectivity index (χ1v) is 11.1. The number of nitrogens with zero attached hydrogens (tertiary/aromatic N) is 3. The van der Waals surface area contributed by atoms with E-state index in [-0.39, 0.29) is 24.9 Å². The zero-order valence-electron chi connectivity index (χ0n) is 15.9. The van der Waals surface area contributed by atoms with Crippen LogP contribution in [0.3, 0.4) is 0 Å². The Balaban J connectivity index is 1.52. The van der Waals surface area contributed by atoms with E-state index in [9.17, 15) is 14.5 Å². The summed E-state index contributed by atoms with van der Waals surface area (Å²) in [6.07, 6.45) is 1.50. The average Bonchev–Trinajstić information content (AvgIpc) is 3.22. The molecule has 4 aromatic rings. The normalized spacial score (nSPS) is 13.1. The second-order valence-corrected chi connectivity index (χ2v) is 8.59. The lowest BCUT2D eigenvalue weighted by Gasteiger charge is -2.20. The van der Waals surface area contributed by atoms with Crippen LogP contribution in [0.5, 0.6) is 5.75 Å². The van der Waals surface area contributed by atoms with Crippen LogP contribution in [0.4, 0.5) is 10.1 Å². The van der Waals surface area contributed by atoms with Crippen molar-refractivity contribution in [2.24, 2.45) is 0 Å². The molecule has 0 N–H and O–H groups in total. The van der Waals surface area contributed by atoms with Crippen LogP contribution >= 0.6 is 23.1 Å². The summed E-state index contributed by atoms with van der Waals surface area (Å²) in [5.41, 5.74) is 3.17. The highest BCUT2D eigenvalue weighted by Gasteiger charge is 2.22. The molecule has 0 spiro atoms. The number of thioether (sulfide) groups is 1. The number of rotatable bonds is 5. The Hall–Kier alpha value is -3.08. The molecule has 0 bridgehead atoms. The smallest absolute Gasteiger partial charge is 0.270 e. The molecule has 0 saturated carbocycles. The first kappa shape index (κ1) is 19.9. The number of fused-ring (bicyclic) bond motifs is 2. The second kappa shape index (κ2) is 8.22. The van der Waals surface area contributed by atoms with Gasteiger partial charge in [0.15, 0.2) is 6.79 Å². The summed E-state index contributed by atoms with van der Waals surface area (Å²) < 4.78 is 24.3. The lowest BCUT2D eigenvalue weighted by atomic mass is 10.1.